The van der Waals surface area contributed by atoms with Gasteiger partial charge in [0.05, 0.1) is 30.5 Å². The molecular formula is C21H25N7O5S. The summed E-state index contributed by atoms with van der Waals surface area (Å²) in [5.74, 6) is -0.477. The first-order valence-electron chi connectivity index (χ1n) is 10.6. The Bertz CT molecular complexity index is 1280. The molecule has 3 heterocycles. The molecule has 0 saturated heterocycles. The minimum Gasteiger partial charge on any atom is -0.393 e. The van der Waals surface area contributed by atoms with Gasteiger partial charge in [-0.3, -0.25) is 18.6 Å². The number of rotatable bonds is 9. The summed E-state index contributed by atoms with van der Waals surface area (Å²) in [7, 11) is -4.09. The van der Waals surface area contributed by atoms with Gasteiger partial charge in [-0.2, -0.15) is 13.5 Å². The van der Waals surface area contributed by atoms with E-state index in [9.17, 15) is 18.3 Å². The molecule has 4 rings (SSSR count). The van der Waals surface area contributed by atoms with Crippen LogP contribution in [0.5, 0.6) is 0 Å². The molecule has 3 atom stereocenters. The highest BCUT2D eigenvalue weighted by molar-refractivity contribution is 7.84. The number of carbonyl (C=O) groups excluding carboxylic acids is 1. The van der Waals surface area contributed by atoms with Crippen molar-refractivity contribution in [2.45, 2.75) is 38.5 Å². The molecule has 0 unspecified atom stereocenters. The molecule has 0 bridgehead atoms. The van der Waals surface area contributed by atoms with Crippen LogP contribution in [-0.4, -0.2) is 62.8 Å². The number of aryl methyl sites for hydroxylation is 1. The van der Waals surface area contributed by atoms with Crippen molar-refractivity contribution in [2.24, 2.45) is 11.1 Å². The van der Waals surface area contributed by atoms with Crippen LogP contribution in [0.4, 0.5) is 5.82 Å². The molecular weight excluding hydrogens is 462 g/mol. The second-order valence-electron chi connectivity index (χ2n) is 8.20. The molecule has 4 N–H and O–H groups in total. The van der Waals surface area contributed by atoms with E-state index in [4.69, 9.17) is 5.14 Å². The number of aromatic nitrogens is 5. The van der Waals surface area contributed by atoms with Gasteiger partial charge in [-0.05, 0) is 38.0 Å². The van der Waals surface area contributed by atoms with Crippen molar-refractivity contribution < 1.29 is 22.5 Å². The fraction of sp³-hybridized carbons (Fsp3) is 0.381. The van der Waals surface area contributed by atoms with Gasteiger partial charge < -0.3 is 10.4 Å². The second kappa shape index (κ2) is 9.93. The lowest BCUT2D eigenvalue weighted by Crippen LogP contribution is -2.24. The molecule has 0 aliphatic heterocycles. The molecule has 1 aliphatic rings. The fourth-order valence-corrected chi connectivity index (χ4v) is 4.31. The number of ketones is 1. The van der Waals surface area contributed by atoms with Gasteiger partial charge in [0, 0.05) is 30.0 Å². The average molecular weight is 488 g/mol. The van der Waals surface area contributed by atoms with Gasteiger partial charge in [0.1, 0.15) is 17.8 Å². The van der Waals surface area contributed by atoms with E-state index in [0.29, 0.717) is 25.2 Å². The maximum absolute atomic E-state index is 13.1. The van der Waals surface area contributed by atoms with Crippen LogP contribution in [0.2, 0.25) is 0 Å². The van der Waals surface area contributed by atoms with Crippen molar-refractivity contribution in [1.29, 1.82) is 0 Å². The number of nitrogens with two attached hydrogens (primary N) is 1. The second-order valence-corrected chi connectivity index (χ2v) is 9.42. The molecule has 13 heteroatoms. The number of hydrogen-bond acceptors (Lipinski definition) is 10. The van der Waals surface area contributed by atoms with Crippen LogP contribution >= 0.6 is 0 Å². The van der Waals surface area contributed by atoms with Crippen molar-refractivity contribution in [2.75, 3.05) is 11.9 Å². The summed E-state index contributed by atoms with van der Waals surface area (Å²) >= 11 is 0. The molecule has 0 spiro atoms. The molecule has 0 aromatic carbocycles. The number of nitrogens with zero attached hydrogens (tertiary/aromatic N) is 5. The summed E-state index contributed by atoms with van der Waals surface area (Å²) < 4.78 is 28.3. The maximum atomic E-state index is 13.1. The Morgan fingerprint density at radius 3 is 2.91 bits per heavy atom. The van der Waals surface area contributed by atoms with Gasteiger partial charge in [0.25, 0.3) is 0 Å². The molecule has 1 fully saturated rings. The number of carbonyl (C=O) groups is 1. The number of nitrogens with one attached hydrogen (secondary N) is 1. The molecule has 1 aliphatic carbocycles. The smallest absolute Gasteiger partial charge is 0.333 e. The van der Waals surface area contributed by atoms with E-state index in [1.54, 1.807) is 16.9 Å². The average Bonchev–Trinajstić information content (AvgIpc) is 3.38. The van der Waals surface area contributed by atoms with Crippen LogP contribution in [0.3, 0.4) is 0 Å². The lowest BCUT2D eigenvalue weighted by atomic mass is 10.1. The van der Waals surface area contributed by atoms with Gasteiger partial charge in [-0.1, -0.05) is 6.07 Å². The Morgan fingerprint density at radius 2 is 2.15 bits per heavy atom. The quantitative estimate of drug-likeness (QED) is 0.359. The van der Waals surface area contributed by atoms with E-state index < -0.39 is 22.3 Å². The fourth-order valence-electron chi connectivity index (χ4n) is 3.95. The van der Waals surface area contributed by atoms with Crippen LogP contribution in [0.15, 0.2) is 43.0 Å². The van der Waals surface area contributed by atoms with Crippen LogP contribution in [0.1, 0.15) is 40.3 Å². The van der Waals surface area contributed by atoms with Crippen LogP contribution in [-0.2, 0) is 21.0 Å². The molecule has 0 radical (unpaired) electrons. The number of hydrogen-bond donors (Lipinski definition) is 3. The third-order valence-corrected chi connectivity index (χ3v) is 6.01. The summed E-state index contributed by atoms with van der Waals surface area (Å²) in [5.41, 5.74) is 2.19. The minimum atomic E-state index is -4.09. The Balaban J connectivity index is 1.44. The summed E-state index contributed by atoms with van der Waals surface area (Å²) in [6.07, 6.45) is 4.38. The van der Waals surface area contributed by atoms with Gasteiger partial charge >= 0.3 is 10.3 Å². The van der Waals surface area contributed by atoms with E-state index in [1.807, 2.05) is 25.1 Å². The number of anilines is 1. The van der Waals surface area contributed by atoms with Gasteiger partial charge in [0.2, 0.25) is 5.78 Å². The zero-order valence-corrected chi connectivity index (χ0v) is 19.2. The molecule has 34 heavy (non-hydrogen) atoms. The molecule has 1 saturated carbocycles. The van der Waals surface area contributed by atoms with Crippen molar-refractivity contribution >= 4 is 21.9 Å². The van der Waals surface area contributed by atoms with Gasteiger partial charge in [-0.15, -0.1) is 0 Å². The van der Waals surface area contributed by atoms with Gasteiger partial charge in [0.15, 0.2) is 0 Å². The number of aliphatic hydroxyl groups is 1. The predicted octanol–water partition coefficient (Wildman–Crippen LogP) is 0.427. The lowest BCUT2D eigenvalue weighted by Gasteiger charge is -2.15. The first kappa shape index (κ1) is 23.9. The SMILES string of the molecule is Cc1cccc(Cn2ccc(C(=O)c3cncnc3N[C@@H]3C[C@H](COS(N)(=O)=O)[C@@H](O)C3)n2)n1. The highest BCUT2D eigenvalue weighted by Gasteiger charge is 2.34. The van der Waals surface area contributed by atoms with Crippen molar-refractivity contribution in [1.82, 2.24) is 24.7 Å². The Morgan fingerprint density at radius 1 is 1.32 bits per heavy atom. The Hall–Kier alpha value is -3.26. The highest BCUT2D eigenvalue weighted by Crippen LogP contribution is 2.30. The Kier molecular flexibility index (Phi) is 6.97. The third-order valence-electron chi connectivity index (χ3n) is 5.54. The standard InChI is InChI=1S/C21H25N7O5S/c1-13-3-2-4-15(25-13)10-28-6-5-18(27-28)20(30)17-9-23-12-24-21(17)26-16-7-14(19(29)8-16)11-33-34(22,31)32/h2-6,9,12,14,16,19,29H,7-8,10-11H2,1H3,(H2,22,31,32)(H,23,24,26)/t14-,16-,19+/m1/s1. The zero-order chi connectivity index (χ0) is 24.3. The summed E-state index contributed by atoms with van der Waals surface area (Å²) in [6, 6.07) is 7.08. The van der Waals surface area contributed by atoms with Crippen molar-refractivity contribution in [3.63, 3.8) is 0 Å². The monoisotopic (exact) mass is 487 g/mol. The predicted molar refractivity (Wildman–Crippen MR) is 121 cm³/mol. The molecule has 12 nitrogen and oxygen atoms in total. The summed E-state index contributed by atoms with van der Waals surface area (Å²) in [4.78, 5) is 25.7. The van der Waals surface area contributed by atoms with Gasteiger partial charge in [-0.25, -0.2) is 15.1 Å². The van der Waals surface area contributed by atoms with Crippen LogP contribution < -0.4 is 10.5 Å². The van der Waals surface area contributed by atoms with E-state index in [0.717, 1.165) is 11.4 Å². The summed E-state index contributed by atoms with van der Waals surface area (Å²) in [6.45, 7) is 2.11. The molecule has 3 aromatic rings. The molecule has 0 amide bonds. The van der Waals surface area contributed by atoms with E-state index >= 15 is 0 Å². The van der Waals surface area contributed by atoms with Crippen LogP contribution in [0, 0.1) is 12.8 Å². The van der Waals surface area contributed by atoms with E-state index in [1.165, 1.54) is 12.5 Å². The molecule has 3 aromatic heterocycles. The third kappa shape index (κ3) is 5.99. The number of aliphatic hydroxyl groups excluding tert-OH is 1. The largest absolute Gasteiger partial charge is 0.393 e. The van der Waals surface area contributed by atoms with Crippen LogP contribution in [0.25, 0.3) is 0 Å². The first-order chi connectivity index (χ1) is 16.2. The topological polar surface area (TPSA) is 175 Å². The number of pyridine rings is 1. The minimum absolute atomic E-state index is 0.221. The Labute approximate surface area is 196 Å². The van der Waals surface area contributed by atoms with E-state index in [2.05, 4.69) is 29.6 Å². The zero-order valence-electron chi connectivity index (χ0n) is 18.4. The summed E-state index contributed by atoms with van der Waals surface area (Å²) in [5, 5.41) is 22.7. The first-order valence-corrected chi connectivity index (χ1v) is 12.1. The normalized spacial score (nSPS) is 20.4. The maximum Gasteiger partial charge on any atom is 0.333 e. The van der Waals surface area contributed by atoms with Crippen molar-refractivity contribution in [3.05, 3.63) is 65.6 Å². The highest BCUT2D eigenvalue weighted by atomic mass is 32.2. The van der Waals surface area contributed by atoms with E-state index in [-0.39, 0.29) is 29.7 Å². The molecule has 180 valence electrons. The van der Waals surface area contributed by atoms with Crippen molar-refractivity contribution in [3.8, 4) is 0 Å². The lowest BCUT2D eigenvalue weighted by molar-refractivity contribution is 0.101.